The smallest absolute Gasteiger partial charge is 0.156 e. The van der Waals surface area contributed by atoms with Gasteiger partial charge in [0.25, 0.3) is 0 Å². The van der Waals surface area contributed by atoms with Crippen molar-refractivity contribution in [3.8, 4) is 0 Å². The van der Waals surface area contributed by atoms with Crippen LogP contribution < -0.4 is 0 Å². The largest absolute Gasteiger partial charge is 0.356 e. The molecule has 0 spiro atoms. The van der Waals surface area contributed by atoms with Crippen LogP contribution in [0.5, 0.6) is 0 Å². The van der Waals surface area contributed by atoms with Crippen molar-refractivity contribution in [3.05, 3.63) is 0 Å². The van der Waals surface area contributed by atoms with Gasteiger partial charge in [-0.1, -0.05) is 13.8 Å². The maximum Gasteiger partial charge on any atom is 0.156 e. The van der Waals surface area contributed by atoms with Crippen molar-refractivity contribution in [3.63, 3.8) is 0 Å². The van der Waals surface area contributed by atoms with Crippen molar-refractivity contribution in [1.82, 2.24) is 0 Å². The molecular weight excluding hydrogens is 228 g/mol. The average molecular weight is 256 g/mol. The Labute approximate surface area is 111 Å². The van der Waals surface area contributed by atoms with Gasteiger partial charge < -0.3 is 9.47 Å². The van der Waals surface area contributed by atoms with Gasteiger partial charge in [0.2, 0.25) is 0 Å². The average Bonchev–Trinajstić information content (AvgIpc) is 2.36. The Kier molecular flexibility index (Phi) is 6.87. The highest BCUT2D eigenvalue weighted by Crippen LogP contribution is 2.34. The number of hydrogen-bond donors (Lipinski definition) is 0. The van der Waals surface area contributed by atoms with E-state index >= 15 is 0 Å². The maximum atomic E-state index is 11.9. The van der Waals surface area contributed by atoms with Gasteiger partial charge in [-0.2, -0.15) is 0 Å². The van der Waals surface area contributed by atoms with Gasteiger partial charge in [-0.3, -0.25) is 4.79 Å². The summed E-state index contributed by atoms with van der Waals surface area (Å²) < 4.78 is 10.3. The zero-order chi connectivity index (χ0) is 13.5. The first-order valence-corrected chi connectivity index (χ1v) is 7.16. The molecule has 0 aromatic carbocycles. The van der Waals surface area contributed by atoms with Crippen LogP contribution >= 0.6 is 0 Å². The molecule has 3 nitrogen and oxygen atoms in total. The lowest BCUT2D eigenvalue weighted by Crippen LogP contribution is -2.27. The Hall–Kier alpha value is -0.410. The van der Waals surface area contributed by atoms with Crippen LogP contribution in [0.2, 0.25) is 0 Å². The molecule has 3 heteroatoms. The number of rotatable bonds is 7. The summed E-state index contributed by atoms with van der Waals surface area (Å²) in [5.74, 6) is 2.18. The van der Waals surface area contributed by atoms with E-state index in [1.54, 1.807) is 14.2 Å². The predicted molar refractivity (Wildman–Crippen MR) is 72.3 cm³/mol. The van der Waals surface area contributed by atoms with E-state index < -0.39 is 0 Å². The number of hydrogen-bond acceptors (Lipinski definition) is 3. The van der Waals surface area contributed by atoms with E-state index in [-0.39, 0.29) is 12.2 Å². The molecule has 1 saturated carbocycles. The van der Waals surface area contributed by atoms with Crippen molar-refractivity contribution in [1.29, 1.82) is 0 Å². The van der Waals surface area contributed by atoms with Gasteiger partial charge in [0.1, 0.15) is 5.78 Å². The monoisotopic (exact) mass is 256 g/mol. The molecule has 0 aromatic heterocycles. The molecule has 0 radical (unpaired) electrons. The lowest BCUT2D eigenvalue weighted by atomic mass is 9.74. The zero-order valence-electron chi connectivity index (χ0n) is 12.3. The first-order valence-electron chi connectivity index (χ1n) is 7.16. The van der Waals surface area contributed by atoms with E-state index in [1.807, 2.05) is 0 Å². The van der Waals surface area contributed by atoms with Crippen LogP contribution in [-0.2, 0) is 14.3 Å². The van der Waals surface area contributed by atoms with E-state index in [0.29, 0.717) is 11.7 Å². The zero-order valence-corrected chi connectivity index (χ0v) is 12.3. The SMILES string of the molecule is COC(CCCC1CC(C(C)C)CCC1=O)OC. The second-order valence-corrected chi connectivity index (χ2v) is 5.77. The van der Waals surface area contributed by atoms with Gasteiger partial charge in [-0.25, -0.2) is 0 Å². The molecule has 0 heterocycles. The summed E-state index contributed by atoms with van der Waals surface area (Å²) in [7, 11) is 3.32. The van der Waals surface area contributed by atoms with Crippen LogP contribution in [0.4, 0.5) is 0 Å². The van der Waals surface area contributed by atoms with Crippen molar-refractivity contribution >= 4 is 5.78 Å². The first kappa shape index (κ1) is 15.6. The molecule has 2 atom stereocenters. The number of carbonyl (C=O) groups is 1. The van der Waals surface area contributed by atoms with Crippen molar-refractivity contribution in [2.24, 2.45) is 17.8 Å². The Balaban J connectivity index is 2.33. The van der Waals surface area contributed by atoms with Crippen LogP contribution in [-0.4, -0.2) is 26.3 Å². The molecular formula is C15H28O3. The summed E-state index contributed by atoms with van der Waals surface area (Å²) in [4.78, 5) is 11.9. The van der Waals surface area contributed by atoms with Gasteiger partial charge in [0.15, 0.2) is 6.29 Å². The Morgan fingerprint density at radius 3 is 2.50 bits per heavy atom. The van der Waals surface area contributed by atoms with Crippen LogP contribution in [0.15, 0.2) is 0 Å². The summed E-state index contributed by atoms with van der Waals surface area (Å²) >= 11 is 0. The molecule has 0 N–H and O–H groups in total. The third kappa shape index (κ3) is 4.69. The van der Waals surface area contributed by atoms with Crippen LogP contribution in [0.1, 0.15) is 52.4 Å². The highest BCUT2D eigenvalue weighted by Gasteiger charge is 2.29. The quantitative estimate of drug-likeness (QED) is 0.655. The van der Waals surface area contributed by atoms with Gasteiger partial charge in [0, 0.05) is 26.6 Å². The standard InChI is InChI=1S/C15H28O3/c1-11(2)12-8-9-14(16)13(10-12)6-5-7-15(17-3)18-4/h11-13,15H,5-10H2,1-4H3. The van der Waals surface area contributed by atoms with Gasteiger partial charge >= 0.3 is 0 Å². The number of ether oxygens (including phenoxy) is 2. The van der Waals surface area contributed by atoms with Gasteiger partial charge in [-0.15, -0.1) is 0 Å². The molecule has 1 rings (SSSR count). The topological polar surface area (TPSA) is 35.5 Å². The summed E-state index contributed by atoms with van der Waals surface area (Å²) in [5.41, 5.74) is 0. The lowest BCUT2D eigenvalue weighted by Gasteiger charge is -2.30. The fourth-order valence-electron chi connectivity index (χ4n) is 2.89. The summed E-state index contributed by atoms with van der Waals surface area (Å²) in [6.45, 7) is 4.53. The van der Waals surface area contributed by atoms with E-state index in [4.69, 9.17) is 9.47 Å². The van der Waals surface area contributed by atoms with Crippen molar-refractivity contribution < 1.29 is 14.3 Å². The second-order valence-electron chi connectivity index (χ2n) is 5.77. The Morgan fingerprint density at radius 2 is 1.94 bits per heavy atom. The summed E-state index contributed by atoms with van der Waals surface area (Å²) in [6.07, 6.45) is 5.71. The number of carbonyl (C=O) groups excluding carboxylic acids is 1. The fourth-order valence-corrected chi connectivity index (χ4v) is 2.89. The van der Waals surface area contributed by atoms with Crippen LogP contribution in [0.3, 0.4) is 0 Å². The highest BCUT2D eigenvalue weighted by molar-refractivity contribution is 5.81. The first-order chi connectivity index (χ1) is 8.58. The van der Waals surface area contributed by atoms with Gasteiger partial charge in [0.05, 0.1) is 0 Å². The maximum absolute atomic E-state index is 11.9. The molecule has 0 aliphatic heterocycles. The van der Waals surface area contributed by atoms with Crippen molar-refractivity contribution in [2.45, 2.75) is 58.7 Å². The molecule has 0 aromatic rings. The molecule has 0 amide bonds. The molecule has 1 aliphatic carbocycles. The fraction of sp³-hybridized carbons (Fsp3) is 0.933. The second kappa shape index (κ2) is 7.90. The Morgan fingerprint density at radius 1 is 1.28 bits per heavy atom. The molecule has 2 unspecified atom stereocenters. The predicted octanol–water partition coefficient (Wildman–Crippen LogP) is 3.42. The molecule has 18 heavy (non-hydrogen) atoms. The van der Waals surface area contributed by atoms with E-state index in [9.17, 15) is 4.79 Å². The van der Waals surface area contributed by atoms with Crippen molar-refractivity contribution in [2.75, 3.05) is 14.2 Å². The van der Waals surface area contributed by atoms with Gasteiger partial charge in [-0.05, 0) is 43.9 Å². The Bertz CT molecular complexity index is 246. The van der Waals surface area contributed by atoms with E-state index in [2.05, 4.69) is 13.8 Å². The van der Waals surface area contributed by atoms with Crippen LogP contribution in [0.25, 0.3) is 0 Å². The third-order valence-corrected chi connectivity index (χ3v) is 4.27. The third-order valence-electron chi connectivity index (χ3n) is 4.27. The van der Waals surface area contributed by atoms with Crippen LogP contribution in [0, 0.1) is 17.8 Å². The highest BCUT2D eigenvalue weighted by atomic mass is 16.7. The molecule has 1 fully saturated rings. The minimum atomic E-state index is -0.121. The summed E-state index contributed by atoms with van der Waals surface area (Å²) in [6, 6.07) is 0. The molecule has 0 saturated heterocycles. The number of Topliss-reactive ketones (excluding diaryl/α,β-unsaturated/α-hetero) is 1. The molecule has 106 valence electrons. The minimum Gasteiger partial charge on any atom is -0.356 e. The molecule has 0 bridgehead atoms. The number of ketones is 1. The summed E-state index contributed by atoms with van der Waals surface area (Å²) in [5, 5.41) is 0. The van der Waals surface area contributed by atoms with E-state index in [0.717, 1.165) is 44.4 Å². The van der Waals surface area contributed by atoms with E-state index in [1.165, 1.54) is 0 Å². The number of methoxy groups -OCH3 is 2. The normalized spacial score (nSPS) is 25.1. The molecule has 1 aliphatic rings. The lowest BCUT2D eigenvalue weighted by molar-refractivity contribution is -0.127. The minimum absolute atomic E-state index is 0.121.